The smallest absolute Gasteiger partial charge is 0.0649 e. The van der Waals surface area contributed by atoms with Crippen LogP contribution >= 0.6 is 0 Å². The molecule has 0 spiro atoms. The average molecular weight is 188 g/mol. The minimum atomic E-state index is 0.617. The van der Waals surface area contributed by atoms with Crippen LogP contribution < -0.4 is 0 Å². The normalized spacial score (nSPS) is 7.08. The Labute approximate surface area is 83.2 Å². The molecule has 0 heterocycles. The van der Waals surface area contributed by atoms with E-state index in [1.807, 2.05) is 0 Å². The van der Waals surface area contributed by atoms with Crippen LogP contribution in [0.15, 0.2) is 25.3 Å². The molecule has 0 aliphatic rings. The van der Waals surface area contributed by atoms with Gasteiger partial charge in [-0.25, -0.2) is 0 Å². The van der Waals surface area contributed by atoms with Gasteiger partial charge < -0.3 is 9.47 Å². The van der Waals surface area contributed by atoms with Gasteiger partial charge in [-0.05, 0) is 0 Å². The predicted molar refractivity (Wildman–Crippen MR) is 60.1 cm³/mol. The fraction of sp³-hybridized carbons (Fsp3) is 0.636. The number of hydrogen-bond acceptors (Lipinski definition) is 2. The Balaban J connectivity index is -0.000000140. The maximum atomic E-state index is 4.90. The molecular weight excluding hydrogens is 164 g/mol. The molecule has 2 nitrogen and oxygen atoms in total. The van der Waals surface area contributed by atoms with Gasteiger partial charge in [0.2, 0.25) is 0 Å². The van der Waals surface area contributed by atoms with Crippen LogP contribution in [-0.4, -0.2) is 27.4 Å². The summed E-state index contributed by atoms with van der Waals surface area (Å²) in [4.78, 5) is 0. The SMILES string of the molecule is C=CCOCC=C.CCC.COC. The summed E-state index contributed by atoms with van der Waals surface area (Å²) in [6.45, 7) is 12.4. The molecule has 0 aromatic heterocycles. The Morgan fingerprint density at radius 1 is 1.00 bits per heavy atom. The predicted octanol–water partition coefficient (Wildman–Crippen LogP) is 3.05. The van der Waals surface area contributed by atoms with Crippen LogP contribution in [0.3, 0.4) is 0 Å². The molecule has 0 amide bonds. The van der Waals surface area contributed by atoms with Crippen LogP contribution in [0.4, 0.5) is 0 Å². The van der Waals surface area contributed by atoms with Crippen molar-refractivity contribution in [3.05, 3.63) is 25.3 Å². The molecule has 0 N–H and O–H groups in total. The van der Waals surface area contributed by atoms with Crippen molar-refractivity contribution in [2.45, 2.75) is 20.3 Å². The molecule has 2 heteroatoms. The Morgan fingerprint density at radius 3 is 1.38 bits per heavy atom. The molecule has 0 aromatic rings. The fourth-order valence-corrected chi connectivity index (χ4v) is 0.235. The second-order valence-corrected chi connectivity index (χ2v) is 2.23. The first kappa shape index (κ1) is 18.2. The molecule has 0 aliphatic heterocycles. The quantitative estimate of drug-likeness (QED) is 0.498. The highest BCUT2D eigenvalue weighted by atomic mass is 16.5. The van der Waals surface area contributed by atoms with Gasteiger partial charge in [0.25, 0.3) is 0 Å². The molecule has 0 aliphatic carbocycles. The summed E-state index contributed by atoms with van der Waals surface area (Å²) >= 11 is 0. The lowest BCUT2D eigenvalue weighted by Gasteiger charge is -1.89. The summed E-state index contributed by atoms with van der Waals surface area (Å²) in [6, 6.07) is 0. The van der Waals surface area contributed by atoms with E-state index < -0.39 is 0 Å². The third kappa shape index (κ3) is 87.1. The van der Waals surface area contributed by atoms with Gasteiger partial charge in [-0.15, -0.1) is 13.2 Å². The van der Waals surface area contributed by atoms with Gasteiger partial charge in [0.15, 0.2) is 0 Å². The zero-order valence-corrected chi connectivity index (χ0v) is 9.51. The van der Waals surface area contributed by atoms with Gasteiger partial charge >= 0.3 is 0 Å². The minimum Gasteiger partial charge on any atom is -0.388 e. The van der Waals surface area contributed by atoms with Gasteiger partial charge in [-0.1, -0.05) is 32.4 Å². The van der Waals surface area contributed by atoms with Crippen molar-refractivity contribution < 1.29 is 9.47 Å². The van der Waals surface area contributed by atoms with Gasteiger partial charge in [0, 0.05) is 14.2 Å². The number of ether oxygens (including phenoxy) is 2. The zero-order valence-electron chi connectivity index (χ0n) is 9.51. The topological polar surface area (TPSA) is 18.5 Å². The average Bonchev–Trinajstić information content (AvgIpc) is 2.08. The maximum absolute atomic E-state index is 4.90. The number of hydrogen-bond donors (Lipinski definition) is 0. The highest BCUT2D eigenvalue weighted by Crippen LogP contribution is 1.72. The Morgan fingerprint density at radius 2 is 1.23 bits per heavy atom. The molecule has 0 rings (SSSR count). The van der Waals surface area contributed by atoms with Gasteiger partial charge in [-0.2, -0.15) is 0 Å². The van der Waals surface area contributed by atoms with E-state index in [-0.39, 0.29) is 0 Å². The van der Waals surface area contributed by atoms with Crippen molar-refractivity contribution in [3.8, 4) is 0 Å². The fourth-order valence-electron chi connectivity index (χ4n) is 0.235. The summed E-state index contributed by atoms with van der Waals surface area (Å²) < 4.78 is 9.15. The molecule has 0 bridgehead atoms. The summed E-state index contributed by atoms with van der Waals surface area (Å²) in [7, 11) is 3.25. The van der Waals surface area contributed by atoms with E-state index in [9.17, 15) is 0 Å². The molecule has 13 heavy (non-hydrogen) atoms. The van der Waals surface area contributed by atoms with Gasteiger partial charge in [0.1, 0.15) is 0 Å². The maximum Gasteiger partial charge on any atom is 0.0649 e. The van der Waals surface area contributed by atoms with Crippen molar-refractivity contribution in [1.82, 2.24) is 0 Å². The second-order valence-electron chi connectivity index (χ2n) is 2.23. The number of rotatable bonds is 4. The minimum absolute atomic E-state index is 0.617. The highest BCUT2D eigenvalue weighted by Gasteiger charge is 1.70. The van der Waals surface area contributed by atoms with Crippen LogP contribution in [0, 0.1) is 0 Å². The van der Waals surface area contributed by atoms with Crippen LogP contribution in [0.2, 0.25) is 0 Å². The van der Waals surface area contributed by atoms with E-state index in [4.69, 9.17) is 4.74 Å². The van der Waals surface area contributed by atoms with Crippen molar-refractivity contribution in [2.24, 2.45) is 0 Å². The lowest BCUT2D eigenvalue weighted by molar-refractivity contribution is 0.194. The van der Waals surface area contributed by atoms with E-state index in [1.165, 1.54) is 6.42 Å². The standard InChI is InChI=1S/C6H10O.C3H8.C2H6O/c1-3-5-7-6-4-2;2*1-3-2/h3-4H,1-2,5-6H2;3H2,1-2H3;1-2H3. The molecular formula is C11H24O2. The summed E-state index contributed by atoms with van der Waals surface area (Å²) in [5, 5.41) is 0. The first-order valence-corrected chi connectivity index (χ1v) is 4.44. The third-order valence-corrected chi connectivity index (χ3v) is 0.471. The van der Waals surface area contributed by atoms with Gasteiger partial charge in [0.05, 0.1) is 13.2 Å². The van der Waals surface area contributed by atoms with E-state index in [2.05, 4.69) is 31.7 Å². The summed E-state index contributed by atoms with van der Waals surface area (Å²) in [5.41, 5.74) is 0. The van der Waals surface area contributed by atoms with E-state index in [0.717, 1.165) is 0 Å². The first-order chi connectivity index (χ1) is 6.24. The van der Waals surface area contributed by atoms with Crippen LogP contribution in [-0.2, 0) is 9.47 Å². The van der Waals surface area contributed by atoms with Crippen LogP contribution in [0.25, 0.3) is 0 Å². The monoisotopic (exact) mass is 188 g/mol. The van der Waals surface area contributed by atoms with Crippen molar-refractivity contribution in [3.63, 3.8) is 0 Å². The van der Waals surface area contributed by atoms with Gasteiger partial charge in [-0.3, -0.25) is 0 Å². The van der Waals surface area contributed by atoms with Crippen LogP contribution in [0.1, 0.15) is 20.3 Å². The summed E-state index contributed by atoms with van der Waals surface area (Å²) in [5.74, 6) is 0. The van der Waals surface area contributed by atoms with Crippen molar-refractivity contribution in [2.75, 3.05) is 27.4 Å². The van der Waals surface area contributed by atoms with Crippen molar-refractivity contribution in [1.29, 1.82) is 0 Å². The summed E-state index contributed by atoms with van der Waals surface area (Å²) in [6.07, 6.45) is 4.67. The molecule has 0 radical (unpaired) electrons. The first-order valence-electron chi connectivity index (χ1n) is 4.44. The Hall–Kier alpha value is -0.600. The van der Waals surface area contributed by atoms with E-state index >= 15 is 0 Å². The third-order valence-electron chi connectivity index (χ3n) is 0.471. The lowest BCUT2D eigenvalue weighted by Crippen LogP contribution is -1.87. The lowest BCUT2D eigenvalue weighted by atomic mass is 10.6. The Kier molecular flexibility index (Phi) is 42.2. The molecule has 0 atom stereocenters. The zero-order chi connectivity index (χ0) is 10.9. The molecule has 0 unspecified atom stereocenters. The second kappa shape index (κ2) is 30.1. The molecule has 0 saturated heterocycles. The molecule has 0 aromatic carbocycles. The molecule has 0 fully saturated rings. The largest absolute Gasteiger partial charge is 0.388 e. The molecule has 0 saturated carbocycles. The van der Waals surface area contributed by atoms with Crippen molar-refractivity contribution >= 4 is 0 Å². The molecule has 80 valence electrons. The number of methoxy groups -OCH3 is 1. The van der Waals surface area contributed by atoms with Crippen LogP contribution in [0.5, 0.6) is 0 Å². The Bertz CT molecular complexity index is 70.2. The highest BCUT2D eigenvalue weighted by molar-refractivity contribution is 4.68. The van der Waals surface area contributed by atoms with E-state index in [1.54, 1.807) is 26.4 Å². The van der Waals surface area contributed by atoms with E-state index in [0.29, 0.717) is 13.2 Å².